The van der Waals surface area contributed by atoms with E-state index in [-0.39, 0.29) is 6.04 Å². The predicted molar refractivity (Wildman–Crippen MR) is 122 cm³/mol. The largest absolute Gasteiger partial charge is 0.387 e. The van der Waals surface area contributed by atoms with Crippen LogP contribution in [0.4, 0.5) is 5.69 Å². The first-order chi connectivity index (χ1) is 13.8. The summed E-state index contributed by atoms with van der Waals surface area (Å²) in [5, 5.41) is 16.5. The average Bonchev–Trinajstić information content (AvgIpc) is 2.74. The molecule has 0 radical (unpaired) electrons. The molecule has 5 nitrogen and oxygen atoms in total. The van der Waals surface area contributed by atoms with Gasteiger partial charge in [-0.25, -0.2) is 4.59 Å². The van der Waals surface area contributed by atoms with Gasteiger partial charge >= 0.3 is 0 Å². The Balaban J connectivity index is 2.01. The SMILES string of the molecule is CC[N+](CC)(CCNc1c(C)cccc1C)NN(C)C(C)C(O)c1ccccc1. The Bertz CT molecular complexity index is 726. The fourth-order valence-corrected chi connectivity index (χ4v) is 3.79. The van der Waals surface area contributed by atoms with Crippen molar-refractivity contribution in [2.24, 2.45) is 0 Å². The van der Waals surface area contributed by atoms with Crippen LogP contribution in [0.1, 0.15) is 43.6 Å². The summed E-state index contributed by atoms with van der Waals surface area (Å²) < 4.78 is 0.750. The monoisotopic (exact) mass is 399 g/mol. The van der Waals surface area contributed by atoms with Crippen LogP contribution in [0.3, 0.4) is 0 Å². The molecule has 2 aromatic rings. The summed E-state index contributed by atoms with van der Waals surface area (Å²) in [6.45, 7) is 14.5. The summed E-state index contributed by atoms with van der Waals surface area (Å²) in [7, 11) is 2.02. The third-order valence-electron chi connectivity index (χ3n) is 6.11. The minimum Gasteiger partial charge on any atom is -0.387 e. The highest BCUT2D eigenvalue weighted by molar-refractivity contribution is 5.56. The topological polar surface area (TPSA) is 47.5 Å². The van der Waals surface area contributed by atoms with Crippen LogP contribution < -0.4 is 10.9 Å². The molecule has 0 saturated carbocycles. The molecule has 0 aromatic heterocycles. The fourth-order valence-electron chi connectivity index (χ4n) is 3.79. The van der Waals surface area contributed by atoms with Crippen molar-refractivity contribution >= 4 is 5.69 Å². The standard InChI is InChI=1S/C24H39N4O/c1-7-28(8-2,18-17-25-23-19(3)13-12-14-20(23)4)26-27(6)21(5)24(29)22-15-10-9-11-16-22/h9-16,21,24-26,29H,7-8,17-18H2,1-6H3/q+1. The van der Waals surface area contributed by atoms with Crippen molar-refractivity contribution in [3.8, 4) is 0 Å². The lowest BCUT2D eigenvalue weighted by molar-refractivity contribution is -0.979. The van der Waals surface area contributed by atoms with Crippen LogP contribution in [0.15, 0.2) is 48.5 Å². The van der Waals surface area contributed by atoms with Gasteiger partial charge < -0.3 is 10.4 Å². The van der Waals surface area contributed by atoms with Crippen LogP contribution in [-0.4, -0.2) is 54.0 Å². The number of hydrogen-bond donors (Lipinski definition) is 3. The lowest BCUT2D eigenvalue weighted by atomic mass is 10.0. The van der Waals surface area contributed by atoms with Crippen molar-refractivity contribution < 1.29 is 9.70 Å². The number of hydrazine groups is 1. The molecule has 0 aliphatic carbocycles. The molecule has 0 fully saturated rings. The first kappa shape index (κ1) is 23.4. The van der Waals surface area contributed by atoms with Crippen LogP contribution in [0.25, 0.3) is 0 Å². The van der Waals surface area contributed by atoms with E-state index in [0.717, 1.165) is 36.3 Å². The molecule has 0 aliphatic heterocycles. The first-order valence-electron chi connectivity index (χ1n) is 10.7. The number of hydrogen-bond acceptors (Lipinski definition) is 4. The number of benzene rings is 2. The maximum atomic E-state index is 10.8. The molecule has 5 heteroatoms. The van der Waals surface area contributed by atoms with Gasteiger partial charge in [0, 0.05) is 12.7 Å². The molecule has 2 aromatic carbocycles. The zero-order valence-electron chi connectivity index (χ0n) is 18.9. The van der Waals surface area contributed by atoms with Gasteiger partial charge in [-0.05, 0) is 51.3 Å². The number of aliphatic hydroxyl groups excluding tert-OH is 1. The smallest absolute Gasteiger partial charge is 0.115 e. The van der Waals surface area contributed by atoms with Crippen LogP contribution in [-0.2, 0) is 0 Å². The first-order valence-corrected chi connectivity index (χ1v) is 10.7. The van der Waals surface area contributed by atoms with Crippen molar-refractivity contribution in [3.63, 3.8) is 0 Å². The second-order valence-electron chi connectivity index (χ2n) is 8.00. The van der Waals surface area contributed by atoms with E-state index in [2.05, 4.69) is 68.7 Å². The van der Waals surface area contributed by atoms with E-state index in [1.165, 1.54) is 16.8 Å². The van der Waals surface area contributed by atoms with Gasteiger partial charge in [0.15, 0.2) is 0 Å². The molecule has 0 spiro atoms. The zero-order chi connectivity index (χ0) is 21.4. The van der Waals surface area contributed by atoms with Crippen molar-refractivity contribution in [3.05, 3.63) is 65.2 Å². The Morgan fingerprint density at radius 2 is 1.55 bits per heavy atom. The lowest BCUT2D eigenvalue weighted by Crippen LogP contribution is -2.66. The van der Waals surface area contributed by atoms with Gasteiger partial charge in [-0.2, -0.15) is 5.01 Å². The van der Waals surface area contributed by atoms with Crippen molar-refractivity contribution in [2.45, 2.75) is 46.8 Å². The fraction of sp³-hybridized carbons (Fsp3) is 0.500. The second-order valence-corrected chi connectivity index (χ2v) is 8.00. The molecule has 0 heterocycles. The van der Waals surface area contributed by atoms with E-state index in [1.54, 1.807) is 0 Å². The molecule has 160 valence electrons. The third-order valence-corrected chi connectivity index (χ3v) is 6.11. The number of likely N-dealkylation sites (N-methyl/N-ethyl adjacent to an activating group) is 2. The lowest BCUT2D eigenvalue weighted by Gasteiger charge is -2.41. The van der Waals surface area contributed by atoms with Gasteiger partial charge in [-0.3, -0.25) is 0 Å². The van der Waals surface area contributed by atoms with Crippen LogP contribution >= 0.6 is 0 Å². The summed E-state index contributed by atoms with van der Waals surface area (Å²) in [5.41, 5.74) is 8.40. The highest BCUT2D eigenvalue weighted by atomic mass is 16.3. The summed E-state index contributed by atoms with van der Waals surface area (Å²) in [6.07, 6.45) is -0.544. The molecule has 3 N–H and O–H groups in total. The molecule has 2 atom stereocenters. The molecular weight excluding hydrogens is 360 g/mol. The molecule has 0 aliphatic rings. The number of aryl methyl sites for hydroxylation is 2. The Morgan fingerprint density at radius 1 is 0.966 bits per heavy atom. The average molecular weight is 400 g/mol. The summed E-state index contributed by atoms with van der Waals surface area (Å²) in [4.78, 5) is 0. The number of para-hydroxylation sites is 1. The second kappa shape index (κ2) is 10.7. The molecule has 0 saturated heterocycles. The maximum absolute atomic E-state index is 10.8. The molecule has 29 heavy (non-hydrogen) atoms. The summed E-state index contributed by atoms with van der Waals surface area (Å²) in [6, 6.07) is 16.2. The summed E-state index contributed by atoms with van der Waals surface area (Å²) in [5.74, 6) is 0. The van der Waals surface area contributed by atoms with Gasteiger partial charge in [0.25, 0.3) is 0 Å². The summed E-state index contributed by atoms with van der Waals surface area (Å²) >= 11 is 0. The van der Waals surface area contributed by atoms with E-state index < -0.39 is 6.10 Å². The number of quaternary nitrogens is 1. The number of rotatable bonds is 11. The van der Waals surface area contributed by atoms with Crippen LogP contribution in [0.2, 0.25) is 0 Å². The Morgan fingerprint density at radius 3 is 2.10 bits per heavy atom. The highest BCUT2D eigenvalue weighted by Crippen LogP contribution is 2.21. The van der Waals surface area contributed by atoms with Crippen molar-refractivity contribution in [1.82, 2.24) is 10.5 Å². The van der Waals surface area contributed by atoms with E-state index in [4.69, 9.17) is 0 Å². The minimum absolute atomic E-state index is 0.0560. The van der Waals surface area contributed by atoms with Gasteiger partial charge in [0.2, 0.25) is 0 Å². The number of anilines is 1. The van der Waals surface area contributed by atoms with Crippen molar-refractivity contribution in [1.29, 1.82) is 0 Å². The van der Waals surface area contributed by atoms with Gasteiger partial charge in [-0.15, -0.1) is 0 Å². The van der Waals surface area contributed by atoms with E-state index >= 15 is 0 Å². The number of aliphatic hydroxyl groups is 1. The van der Waals surface area contributed by atoms with Gasteiger partial charge in [0.05, 0.1) is 31.8 Å². The minimum atomic E-state index is -0.544. The molecule has 2 unspecified atom stereocenters. The number of nitrogens with zero attached hydrogens (tertiary/aromatic N) is 2. The van der Waals surface area contributed by atoms with E-state index in [9.17, 15) is 5.11 Å². The molecule has 0 bridgehead atoms. The number of nitrogens with one attached hydrogen (secondary N) is 2. The Kier molecular flexibility index (Phi) is 8.65. The third kappa shape index (κ3) is 6.03. The quantitative estimate of drug-likeness (QED) is 0.394. The van der Waals surface area contributed by atoms with E-state index in [1.807, 2.05) is 37.4 Å². The van der Waals surface area contributed by atoms with Crippen LogP contribution in [0, 0.1) is 13.8 Å². The van der Waals surface area contributed by atoms with Gasteiger partial charge in [0.1, 0.15) is 6.54 Å². The van der Waals surface area contributed by atoms with Crippen molar-refractivity contribution in [2.75, 3.05) is 38.5 Å². The van der Waals surface area contributed by atoms with Crippen LogP contribution in [0.5, 0.6) is 0 Å². The highest BCUT2D eigenvalue weighted by Gasteiger charge is 2.29. The van der Waals surface area contributed by atoms with Gasteiger partial charge in [-0.1, -0.05) is 54.1 Å². The molecule has 0 amide bonds. The zero-order valence-corrected chi connectivity index (χ0v) is 18.9. The maximum Gasteiger partial charge on any atom is 0.115 e. The normalized spacial score (nSPS) is 14.1. The molecular formula is C24H39N4O+. The Hall–Kier alpha value is -1.92. The Labute approximate surface area is 176 Å². The predicted octanol–water partition coefficient (Wildman–Crippen LogP) is 4.05. The van der Waals surface area contributed by atoms with E-state index in [0.29, 0.717) is 0 Å². The molecule has 2 rings (SSSR count).